The van der Waals surface area contributed by atoms with Crippen molar-refractivity contribution in [3.63, 3.8) is 0 Å². The fourth-order valence-electron chi connectivity index (χ4n) is 1.01. The van der Waals surface area contributed by atoms with Gasteiger partial charge >= 0.3 is 6.09 Å². The second-order valence-electron chi connectivity index (χ2n) is 3.29. The molecule has 0 radical (unpaired) electrons. The zero-order chi connectivity index (χ0) is 11.1. The molecule has 1 rings (SSSR count). The molecule has 1 atom stereocenters. The van der Waals surface area contributed by atoms with Crippen molar-refractivity contribution in [2.45, 2.75) is 19.6 Å². The van der Waals surface area contributed by atoms with E-state index in [1.807, 2.05) is 30.3 Å². The van der Waals surface area contributed by atoms with Gasteiger partial charge in [0.15, 0.2) is 0 Å². The van der Waals surface area contributed by atoms with Crippen molar-refractivity contribution in [2.24, 2.45) is 0 Å². The topological polar surface area (TPSA) is 58.6 Å². The van der Waals surface area contributed by atoms with Gasteiger partial charge in [0.05, 0.1) is 6.10 Å². The molecule has 0 heterocycles. The van der Waals surface area contributed by atoms with Crippen LogP contribution in [0.25, 0.3) is 0 Å². The molecule has 1 amide bonds. The van der Waals surface area contributed by atoms with Gasteiger partial charge in [-0.25, -0.2) is 4.79 Å². The number of ether oxygens (including phenoxy) is 1. The Morgan fingerprint density at radius 2 is 2.13 bits per heavy atom. The number of aliphatic hydroxyl groups excluding tert-OH is 1. The quantitative estimate of drug-likeness (QED) is 0.785. The summed E-state index contributed by atoms with van der Waals surface area (Å²) in [6.45, 7) is 2.04. The molecule has 0 bridgehead atoms. The molecule has 0 aromatic heterocycles. The van der Waals surface area contributed by atoms with Crippen LogP contribution in [0.5, 0.6) is 0 Å². The van der Waals surface area contributed by atoms with Gasteiger partial charge in [0, 0.05) is 6.54 Å². The number of hydrogen-bond donors (Lipinski definition) is 2. The molecule has 0 aliphatic heterocycles. The van der Waals surface area contributed by atoms with Crippen LogP contribution < -0.4 is 5.32 Å². The second-order valence-corrected chi connectivity index (χ2v) is 3.29. The van der Waals surface area contributed by atoms with E-state index in [9.17, 15) is 4.79 Å². The lowest BCUT2D eigenvalue weighted by Crippen LogP contribution is -2.30. The van der Waals surface area contributed by atoms with E-state index in [1.54, 1.807) is 6.92 Å². The van der Waals surface area contributed by atoms with Crippen molar-refractivity contribution in [3.8, 4) is 0 Å². The number of amides is 1. The largest absolute Gasteiger partial charge is 0.445 e. The van der Waals surface area contributed by atoms with E-state index in [0.717, 1.165) is 5.56 Å². The van der Waals surface area contributed by atoms with Gasteiger partial charge in [-0.2, -0.15) is 0 Å². The molecule has 15 heavy (non-hydrogen) atoms. The molecule has 1 unspecified atom stereocenters. The van der Waals surface area contributed by atoms with Crippen LogP contribution >= 0.6 is 0 Å². The molecule has 0 spiro atoms. The summed E-state index contributed by atoms with van der Waals surface area (Å²) in [4.78, 5) is 11.1. The third-order valence-electron chi connectivity index (χ3n) is 1.75. The summed E-state index contributed by atoms with van der Waals surface area (Å²) in [6, 6.07) is 9.42. The Labute approximate surface area is 88.9 Å². The van der Waals surface area contributed by atoms with Crippen LogP contribution in [-0.4, -0.2) is 23.8 Å². The molecule has 1 aromatic rings. The summed E-state index contributed by atoms with van der Waals surface area (Å²) in [7, 11) is 0. The lowest BCUT2D eigenvalue weighted by molar-refractivity contribution is 0.129. The van der Waals surface area contributed by atoms with Crippen LogP contribution in [0.1, 0.15) is 12.5 Å². The highest BCUT2D eigenvalue weighted by molar-refractivity contribution is 5.67. The lowest BCUT2D eigenvalue weighted by Gasteiger charge is -2.08. The maximum atomic E-state index is 11.1. The summed E-state index contributed by atoms with van der Waals surface area (Å²) in [5.74, 6) is 0. The third kappa shape index (κ3) is 5.02. The van der Waals surface area contributed by atoms with E-state index in [2.05, 4.69) is 5.32 Å². The summed E-state index contributed by atoms with van der Waals surface area (Å²) in [5.41, 5.74) is 0.935. The van der Waals surface area contributed by atoms with E-state index in [-0.39, 0.29) is 13.2 Å². The van der Waals surface area contributed by atoms with Crippen LogP contribution in [0.4, 0.5) is 4.79 Å². The van der Waals surface area contributed by atoms with Crippen molar-refractivity contribution in [1.29, 1.82) is 0 Å². The summed E-state index contributed by atoms with van der Waals surface area (Å²) in [5, 5.41) is 11.4. The molecule has 4 nitrogen and oxygen atoms in total. The monoisotopic (exact) mass is 209 g/mol. The van der Waals surface area contributed by atoms with Gasteiger partial charge in [0.25, 0.3) is 0 Å². The Balaban J connectivity index is 2.23. The zero-order valence-corrected chi connectivity index (χ0v) is 8.64. The van der Waals surface area contributed by atoms with Gasteiger partial charge in [-0.05, 0) is 12.5 Å². The predicted octanol–water partition coefficient (Wildman–Crippen LogP) is 1.29. The van der Waals surface area contributed by atoms with E-state index in [4.69, 9.17) is 9.84 Å². The minimum absolute atomic E-state index is 0.202. The summed E-state index contributed by atoms with van der Waals surface area (Å²) >= 11 is 0. The summed E-state index contributed by atoms with van der Waals surface area (Å²) < 4.78 is 4.92. The standard InChI is InChI=1S/C11H15NO3/c1-9(13)7-12-11(14)15-8-10-5-3-2-4-6-10/h2-6,9,13H,7-8H2,1H3,(H,12,14). The van der Waals surface area contributed by atoms with Gasteiger partial charge in [-0.3, -0.25) is 0 Å². The van der Waals surface area contributed by atoms with Gasteiger partial charge in [-0.15, -0.1) is 0 Å². The molecule has 0 aliphatic rings. The number of nitrogens with one attached hydrogen (secondary N) is 1. The molecule has 0 aliphatic carbocycles. The van der Waals surface area contributed by atoms with Crippen molar-refractivity contribution in [2.75, 3.05) is 6.54 Å². The normalized spacial score (nSPS) is 11.9. The molecule has 0 saturated carbocycles. The Morgan fingerprint density at radius 1 is 1.47 bits per heavy atom. The molecule has 4 heteroatoms. The molecule has 0 fully saturated rings. The second kappa shape index (κ2) is 6.03. The number of rotatable bonds is 4. The van der Waals surface area contributed by atoms with E-state index < -0.39 is 12.2 Å². The third-order valence-corrected chi connectivity index (χ3v) is 1.75. The Morgan fingerprint density at radius 3 is 2.73 bits per heavy atom. The molecule has 2 N–H and O–H groups in total. The fraction of sp³-hybridized carbons (Fsp3) is 0.364. The van der Waals surface area contributed by atoms with Crippen LogP contribution in [-0.2, 0) is 11.3 Å². The maximum Gasteiger partial charge on any atom is 0.407 e. The first-order valence-corrected chi connectivity index (χ1v) is 4.81. The number of hydrogen-bond acceptors (Lipinski definition) is 3. The minimum atomic E-state index is -0.561. The van der Waals surface area contributed by atoms with Crippen molar-refractivity contribution in [1.82, 2.24) is 5.32 Å². The molecule has 1 aromatic carbocycles. The first-order valence-electron chi connectivity index (χ1n) is 4.81. The summed E-state index contributed by atoms with van der Waals surface area (Å²) in [6.07, 6.45) is -1.07. The highest BCUT2D eigenvalue weighted by Gasteiger charge is 2.03. The SMILES string of the molecule is CC(O)CNC(=O)OCc1ccccc1. The first-order chi connectivity index (χ1) is 7.18. The number of carbonyl (C=O) groups is 1. The Bertz CT molecular complexity index is 298. The Kier molecular flexibility index (Phi) is 4.63. The van der Waals surface area contributed by atoms with E-state index in [1.165, 1.54) is 0 Å². The van der Waals surface area contributed by atoms with Crippen LogP contribution in [0.2, 0.25) is 0 Å². The van der Waals surface area contributed by atoms with Crippen molar-refractivity contribution in [3.05, 3.63) is 35.9 Å². The van der Waals surface area contributed by atoms with Gasteiger partial charge in [0.1, 0.15) is 6.61 Å². The van der Waals surface area contributed by atoms with Crippen LogP contribution in [0, 0.1) is 0 Å². The fourth-order valence-corrected chi connectivity index (χ4v) is 1.01. The van der Waals surface area contributed by atoms with Gasteiger partial charge in [-0.1, -0.05) is 30.3 Å². The number of benzene rings is 1. The van der Waals surface area contributed by atoms with E-state index in [0.29, 0.717) is 0 Å². The molecule has 0 saturated heterocycles. The Hall–Kier alpha value is -1.55. The molecule has 82 valence electrons. The molecular formula is C11H15NO3. The van der Waals surface area contributed by atoms with Crippen LogP contribution in [0.3, 0.4) is 0 Å². The first kappa shape index (κ1) is 11.5. The van der Waals surface area contributed by atoms with Gasteiger partial charge in [0.2, 0.25) is 0 Å². The predicted molar refractivity (Wildman–Crippen MR) is 56.3 cm³/mol. The van der Waals surface area contributed by atoms with Crippen LogP contribution in [0.15, 0.2) is 30.3 Å². The maximum absolute atomic E-state index is 11.1. The average molecular weight is 209 g/mol. The van der Waals surface area contributed by atoms with Crippen molar-refractivity contribution < 1.29 is 14.6 Å². The molecular weight excluding hydrogens is 194 g/mol. The number of carbonyl (C=O) groups excluding carboxylic acids is 1. The van der Waals surface area contributed by atoms with Gasteiger partial charge < -0.3 is 15.2 Å². The smallest absolute Gasteiger partial charge is 0.407 e. The number of alkyl carbamates (subject to hydrolysis) is 1. The van der Waals surface area contributed by atoms with E-state index >= 15 is 0 Å². The number of aliphatic hydroxyl groups is 1. The highest BCUT2D eigenvalue weighted by atomic mass is 16.5. The minimum Gasteiger partial charge on any atom is -0.445 e. The average Bonchev–Trinajstić information content (AvgIpc) is 2.25. The highest BCUT2D eigenvalue weighted by Crippen LogP contribution is 2.00. The lowest BCUT2D eigenvalue weighted by atomic mass is 10.2. The zero-order valence-electron chi connectivity index (χ0n) is 8.64. The van der Waals surface area contributed by atoms with Crippen molar-refractivity contribution >= 4 is 6.09 Å².